The molecule has 4 rings (SSSR count). The molecule has 1 N–H and O–H groups in total. The van der Waals surface area contributed by atoms with Crippen LogP contribution in [0.1, 0.15) is 32.8 Å². The van der Waals surface area contributed by atoms with Crippen LogP contribution in [-0.4, -0.2) is 39.7 Å². The Kier molecular flexibility index (Phi) is 5.66. The van der Waals surface area contributed by atoms with Crippen LogP contribution in [0.2, 0.25) is 0 Å². The van der Waals surface area contributed by atoms with Gasteiger partial charge in [-0.05, 0) is 24.6 Å². The maximum absolute atomic E-state index is 12.6. The monoisotopic (exact) mass is 371 g/mol. The Bertz CT molecular complexity index is 814. The molecule has 1 aromatic carbocycles. The molecule has 0 radical (unpaired) electrons. The topological polar surface area (TPSA) is 69.4 Å². The molecular formula is C19H25N5OS. The minimum atomic E-state index is -1.48. The smallest absolute Gasteiger partial charge is 0.233 e. The third kappa shape index (κ3) is 3.62. The number of rotatable bonds is 2. The minimum absolute atomic E-state index is 0.0371. The molecule has 4 atom stereocenters. The lowest BCUT2D eigenvalue weighted by Crippen LogP contribution is -2.55. The highest BCUT2D eigenvalue weighted by Crippen LogP contribution is 2.29. The first-order chi connectivity index (χ1) is 12.6. The first-order valence-electron chi connectivity index (χ1n) is 9.03. The molecule has 0 bridgehead atoms. The van der Waals surface area contributed by atoms with Gasteiger partial charge in [-0.3, -0.25) is 4.99 Å². The zero-order valence-electron chi connectivity index (χ0n) is 15.6. The van der Waals surface area contributed by atoms with Crippen molar-refractivity contribution < 1.29 is 4.21 Å². The van der Waals surface area contributed by atoms with Crippen molar-refractivity contribution in [3.63, 3.8) is 0 Å². The highest BCUT2D eigenvalue weighted by molar-refractivity contribution is 7.83. The Labute approximate surface area is 157 Å². The Balaban J connectivity index is 0.000000948. The van der Waals surface area contributed by atoms with Gasteiger partial charge in [-0.2, -0.15) is 5.10 Å². The van der Waals surface area contributed by atoms with Gasteiger partial charge in [-0.15, -0.1) is 4.40 Å². The van der Waals surface area contributed by atoms with Crippen LogP contribution in [0.5, 0.6) is 0 Å². The first kappa shape index (κ1) is 18.5. The summed E-state index contributed by atoms with van der Waals surface area (Å²) in [6.45, 7) is 8.07. The predicted molar refractivity (Wildman–Crippen MR) is 108 cm³/mol. The van der Waals surface area contributed by atoms with Gasteiger partial charge >= 0.3 is 0 Å². The van der Waals surface area contributed by atoms with Gasteiger partial charge in [0.05, 0.1) is 10.9 Å². The molecule has 0 amide bonds. The number of dihydropyridines is 1. The van der Waals surface area contributed by atoms with E-state index in [1.807, 2.05) is 62.5 Å². The van der Waals surface area contributed by atoms with Crippen molar-refractivity contribution >= 4 is 29.4 Å². The molecule has 1 aromatic rings. The summed E-state index contributed by atoms with van der Waals surface area (Å²) in [6, 6.07) is 7.73. The maximum atomic E-state index is 12.6. The molecule has 0 spiro atoms. The van der Waals surface area contributed by atoms with E-state index in [1.54, 1.807) is 0 Å². The Morgan fingerprint density at radius 1 is 1.35 bits per heavy atom. The maximum Gasteiger partial charge on any atom is 0.233 e. The Hall–Kier alpha value is -2.28. The molecule has 3 aliphatic rings. The SMILES string of the molecule is CC.Cc1cccc(S(=O)/N=C2\NC3=CC(C)C=NC3C3CC=NN23)c1. The van der Waals surface area contributed by atoms with E-state index in [0.717, 1.165) is 17.7 Å². The number of hydrazone groups is 1. The van der Waals surface area contributed by atoms with E-state index in [-0.39, 0.29) is 18.0 Å². The number of aliphatic imine (C=N–C) groups is 1. The van der Waals surface area contributed by atoms with E-state index in [1.165, 1.54) is 0 Å². The van der Waals surface area contributed by atoms with E-state index in [4.69, 9.17) is 0 Å². The van der Waals surface area contributed by atoms with Gasteiger partial charge in [-0.25, -0.2) is 9.22 Å². The summed E-state index contributed by atoms with van der Waals surface area (Å²) >= 11 is 0. The quantitative estimate of drug-likeness (QED) is 0.869. The second kappa shape index (κ2) is 7.95. The molecule has 3 heterocycles. The lowest BCUT2D eigenvalue weighted by atomic mass is 9.95. The van der Waals surface area contributed by atoms with Crippen molar-refractivity contribution in [3.05, 3.63) is 41.6 Å². The van der Waals surface area contributed by atoms with Gasteiger partial charge in [0.25, 0.3) is 0 Å². The number of hydrogen-bond acceptors (Lipinski definition) is 3. The summed E-state index contributed by atoms with van der Waals surface area (Å²) in [7, 11) is -1.48. The van der Waals surface area contributed by atoms with Gasteiger partial charge in [0.2, 0.25) is 5.96 Å². The van der Waals surface area contributed by atoms with E-state index >= 15 is 0 Å². The average molecular weight is 372 g/mol. The number of benzene rings is 1. The summed E-state index contributed by atoms with van der Waals surface area (Å²) in [4.78, 5) is 5.34. The summed E-state index contributed by atoms with van der Waals surface area (Å²) in [6.07, 6.45) is 6.80. The molecule has 3 aliphatic heterocycles. The van der Waals surface area contributed by atoms with Crippen LogP contribution in [-0.2, 0) is 11.0 Å². The molecule has 0 aliphatic carbocycles. The number of nitrogens with zero attached hydrogens (tertiary/aromatic N) is 4. The fourth-order valence-electron chi connectivity index (χ4n) is 3.17. The third-order valence-electron chi connectivity index (χ3n) is 4.31. The lowest BCUT2D eigenvalue weighted by molar-refractivity contribution is 0.295. The van der Waals surface area contributed by atoms with Gasteiger partial charge in [0.1, 0.15) is 6.04 Å². The third-order valence-corrected chi connectivity index (χ3v) is 5.30. The fourth-order valence-corrected chi connectivity index (χ4v) is 4.04. The normalized spacial score (nSPS) is 28.5. The lowest BCUT2D eigenvalue weighted by Gasteiger charge is -2.38. The summed E-state index contributed by atoms with van der Waals surface area (Å²) < 4.78 is 17.0. The molecule has 138 valence electrons. The number of aryl methyl sites for hydroxylation is 1. The molecule has 0 aromatic heterocycles. The van der Waals surface area contributed by atoms with Crippen molar-refractivity contribution in [1.29, 1.82) is 0 Å². The van der Waals surface area contributed by atoms with Crippen molar-refractivity contribution in [3.8, 4) is 0 Å². The number of nitrogens with one attached hydrogen (secondary N) is 1. The second-order valence-electron chi connectivity index (χ2n) is 6.28. The van der Waals surface area contributed by atoms with Crippen molar-refractivity contribution in [2.45, 2.75) is 51.1 Å². The molecule has 1 fully saturated rings. The van der Waals surface area contributed by atoms with E-state index < -0.39 is 11.0 Å². The molecule has 0 saturated carbocycles. The van der Waals surface area contributed by atoms with Crippen LogP contribution < -0.4 is 5.32 Å². The first-order valence-corrected chi connectivity index (χ1v) is 10.1. The standard InChI is InChI=1S/C17H19N5OS.C2H6/c1-11-4-3-5-13(8-11)24(23)21-17-20-14-9-12(2)10-18-16(14)15-6-7-19-22(15)17;1-2/h3-5,7-10,12,15-16H,6H2,1-2H3,(H,20,21);1-2H3. The number of allylic oxidation sites excluding steroid dienone is 1. The Morgan fingerprint density at radius 3 is 2.92 bits per heavy atom. The summed E-state index contributed by atoms with van der Waals surface area (Å²) in [5, 5.41) is 9.49. The van der Waals surface area contributed by atoms with Crippen LogP contribution >= 0.6 is 0 Å². The largest absolute Gasteiger partial charge is 0.326 e. The number of guanidine groups is 1. The van der Waals surface area contributed by atoms with Crippen LogP contribution in [0.15, 0.2) is 55.4 Å². The zero-order chi connectivity index (χ0) is 18.7. The van der Waals surface area contributed by atoms with Gasteiger partial charge in [-0.1, -0.05) is 39.0 Å². The van der Waals surface area contributed by atoms with Crippen LogP contribution in [0.4, 0.5) is 0 Å². The molecule has 4 unspecified atom stereocenters. The summed E-state index contributed by atoms with van der Waals surface area (Å²) in [5.41, 5.74) is 2.09. The second-order valence-corrected chi connectivity index (χ2v) is 7.43. The van der Waals surface area contributed by atoms with Gasteiger partial charge < -0.3 is 5.32 Å². The van der Waals surface area contributed by atoms with Crippen LogP contribution in [0.25, 0.3) is 0 Å². The minimum Gasteiger partial charge on any atom is -0.326 e. The number of fused-ring (bicyclic) bond motifs is 3. The van der Waals surface area contributed by atoms with Crippen molar-refractivity contribution in [2.75, 3.05) is 0 Å². The van der Waals surface area contributed by atoms with Gasteiger partial charge in [0.15, 0.2) is 11.0 Å². The van der Waals surface area contributed by atoms with E-state index in [0.29, 0.717) is 10.9 Å². The van der Waals surface area contributed by atoms with E-state index in [9.17, 15) is 4.21 Å². The number of hydrogen-bond donors (Lipinski definition) is 1. The highest BCUT2D eigenvalue weighted by atomic mass is 32.2. The van der Waals surface area contributed by atoms with Crippen LogP contribution in [0, 0.1) is 12.8 Å². The Morgan fingerprint density at radius 2 is 2.15 bits per heavy atom. The van der Waals surface area contributed by atoms with Gasteiger partial charge in [0, 0.05) is 30.5 Å². The van der Waals surface area contributed by atoms with Crippen LogP contribution in [0.3, 0.4) is 0 Å². The molecular weight excluding hydrogens is 346 g/mol. The zero-order valence-corrected chi connectivity index (χ0v) is 16.4. The predicted octanol–water partition coefficient (Wildman–Crippen LogP) is 3.04. The molecule has 1 saturated heterocycles. The molecule has 6 nitrogen and oxygen atoms in total. The molecule has 26 heavy (non-hydrogen) atoms. The average Bonchev–Trinajstić information content (AvgIpc) is 3.13. The fraction of sp³-hybridized carbons (Fsp3) is 0.421. The van der Waals surface area contributed by atoms with Crippen molar-refractivity contribution in [1.82, 2.24) is 10.3 Å². The van der Waals surface area contributed by atoms with E-state index in [2.05, 4.69) is 32.8 Å². The molecule has 7 heteroatoms. The highest BCUT2D eigenvalue weighted by Gasteiger charge is 2.41. The van der Waals surface area contributed by atoms with Crippen molar-refractivity contribution in [2.24, 2.45) is 20.4 Å². The summed E-state index contributed by atoms with van der Waals surface area (Å²) in [5.74, 6) is 0.807.